The van der Waals surface area contributed by atoms with E-state index in [1.807, 2.05) is 85.7 Å². The molecule has 1 aromatic carbocycles. The predicted octanol–water partition coefficient (Wildman–Crippen LogP) is 8.37. The fourth-order valence-electron chi connectivity index (χ4n) is 6.79. The Hall–Kier alpha value is -6.41. The number of fused-ring (bicyclic) bond motifs is 1. The topological polar surface area (TPSA) is 281 Å². The highest BCUT2D eigenvalue weighted by molar-refractivity contribution is 5.77. The molecule has 0 aromatic heterocycles. The molecule has 1 N–H and O–H groups in total. The first-order valence-corrected chi connectivity index (χ1v) is 25.9. The van der Waals surface area contributed by atoms with Crippen molar-refractivity contribution in [3.8, 4) is 0 Å². The van der Waals surface area contributed by atoms with E-state index in [1.165, 1.54) is 0 Å². The van der Waals surface area contributed by atoms with Gasteiger partial charge in [0.25, 0.3) is 6.10 Å². The van der Waals surface area contributed by atoms with Crippen LogP contribution in [0.4, 0.5) is 19.2 Å². The highest BCUT2D eigenvalue weighted by atomic mass is 16.8. The number of esters is 4. The monoisotopic (exact) mass is 1090 g/mol. The second-order valence-electron chi connectivity index (χ2n) is 21.4. The van der Waals surface area contributed by atoms with E-state index in [0.29, 0.717) is 32.5 Å². The van der Waals surface area contributed by atoms with Crippen molar-refractivity contribution >= 4 is 48.5 Å². The summed E-state index contributed by atoms with van der Waals surface area (Å²) in [6.45, 7) is 29.2. The maximum absolute atomic E-state index is 12.1. The van der Waals surface area contributed by atoms with Gasteiger partial charge in [-0.25, -0.2) is 25.8 Å². The molecule has 9 atom stereocenters. The fraction of sp³-hybridized carbons (Fsp3) is 0.722. The number of cyclic esters (lactones) is 6. The van der Waals surface area contributed by atoms with E-state index in [-0.39, 0.29) is 75.0 Å². The summed E-state index contributed by atoms with van der Waals surface area (Å²) in [7, 11) is 0. The van der Waals surface area contributed by atoms with Crippen molar-refractivity contribution in [1.82, 2.24) is 0 Å². The quantitative estimate of drug-likeness (QED) is 0.0687. The lowest BCUT2D eigenvalue weighted by Crippen LogP contribution is -2.38. The zero-order chi connectivity index (χ0) is 57.7. The van der Waals surface area contributed by atoms with Gasteiger partial charge in [0.15, 0.2) is 18.3 Å². The molecule has 4 aliphatic heterocycles. The molecule has 23 nitrogen and oxygen atoms in total. The molecule has 432 valence electrons. The molecule has 9 unspecified atom stereocenters. The fourth-order valence-corrected chi connectivity index (χ4v) is 6.79. The van der Waals surface area contributed by atoms with Crippen LogP contribution >= 0.6 is 0 Å². The van der Waals surface area contributed by atoms with Gasteiger partial charge in [-0.1, -0.05) is 58.0 Å². The Balaban J connectivity index is 0.000000273. The zero-order valence-corrected chi connectivity index (χ0v) is 46.5. The van der Waals surface area contributed by atoms with E-state index < -0.39 is 83.0 Å². The summed E-state index contributed by atoms with van der Waals surface area (Å²) in [6, 6.07) is 9.61. The summed E-state index contributed by atoms with van der Waals surface area (Å²) in [4.78, 5) is 94.2. The average Bonchev–Trinajstić information content (AvgIpc) is 4.21. The van der Waals surface area contributed by atoms with Crippen molar-refractivity contribution in [1.29, 1.82) is 0 Å². The van der Waals surface area contributed by atoms with Crippen LogP contribution in [0.5, 0.6) is 0 Å². The molecule has 0 spiro atoms. The number of carbonyl (C=O) groups is 8. The second kappa shape index (κ2) is 29.9. The number of hydrogen-bond donors (Lipinski definition) is 1. The molecule has 0 radical (unpaired) electrons. The highest BCUT2D eigenvalue weighted by Gasteiger charge is 2.45. The molecule has 1 saturated carbocycles. The Bertz CT molecular complexity index is 2170. The molecule has 77 heavy (non-hydrogen) atoms. The Morgan fingerprint density at radius 2 is 1.06 bits per heavy atom. The zero-order valence-electron chi connectivity index (χ0n) is 46.5. The Labute approximate surface area is 450 Å². The van der Waals surface area contributed by atoms with Crippen LogP contribution in [-0.4, -0.2) is 142 Å². The van der Waals surface area contributed by atoms with Crippen molar-refractivity contribution in [3.63, 3.8) is 0 Å². The summed E-state index contributed by atoms with van der Waals surface area (Å²) >= 11 is 0. The largest absolute Gasteiger partial charge is 0.515 e. The molecular weight excluding hydrogens is 1010 g/mol. The third-order valence-corrected chi connectivity index (χ3v) is 14.0. The number of carbonyl (C=O) groups excluding carboxylic acids is 8. The molecule has 0 amide bonds. The normalized spacial score (nSPS) is 23.8. The van der Waals surface area contributed by atoms with Gasteiger partial charge in [-0.15, -0.1) is 0 Å². The molecular formula is C54H79NO22. The van der Waals surface area contributed by atoms with Gasteiger partial charge >= 0.3 is 54.7 Å². The minimum atomic E-state index is -1.03. The van der Waals surface area contributed by atoms with Crippen LogP contribution in [0, 0.1) is 34.2 Å². The van der Waals surface area contributed by atoms with Crippen molar-refractivity contribution in [3.05, 3.63) is 47.3 Å². The number of ether oxygens (including phenoxy) is 13. The average molecular weight is 1090 g/mol. The first-order valence-electron chi connectivity index (χ1n) is 25.9. The van der Waals surface area contributed by atoms with E-state index in [2.05, 4.69) is 14.3 Å². The van der Waals surface area contributed by atoms with Crippen LogP contribution in [0.1, 0.15) is 134 Å². The first-order chi connectivity index (χ1) is 36.1. The van der Waals surface area contributed by atoms with E-state index in [1.54, 1.807) is 27.7 Å². The smallest absolute Gasteiger partial charge is 0.465 e. The van der Waals surface area contributed by atoms with Crippen LogP contribution in [0.3, 0.4) is 0 Å². The van der Waals surface area contributed by atoms with Crippen molar-refractivity contribution in [2.75, 3.05) is 39.6 Å². The lowest BCUT2D eigenvalue weighted by molar-refractivity contribution is -0.162. The summed E-state index contributed by atoms with van der Waals surface area (Å²) < 4.78 is 65.4. The van der Waals surface area contributed by atoms with Crippen LogP contribution in [-0.2, 0) is 87.4 Å². The summed E-state index contributed by atoms with van der Waals surface area (Å²) in [5.74, 6) is -0.945. The number of aliphatic hydroxyl groups is 1. The number of aliphatic hydroxyl groups excluding tert-OH is 1. The minimum Gasteiger partial charge on any atom is -0.465 e. The summed E-state index contributed by atoms with van der Waals surface area (Å²) in [6.07, 6.45) is -2.72. The van der Waals surface area contributed by atoms with Crippen molar-refractivity contribution in [2.45, 2.75) is 184 Å². The Kier molecular flexibility index (Phi) is 25.2. The van der Waals surface area contributed by atoms with Crippen LogP contribution < -0.4 is 0 Å². The van der Waals surface area contributed by atoms with Crippen LogP contribution in [0.25, 0.3) is 4.85 Å². The number of nitrogens with zero attached hydrogens (tertiary/aromatic N) is 1. The Morgan fingerprint density at radius 1 is 0.597 bits per heavy atom. The molecule has 1 aliphatic carbocycles. The SMILES string of the molecule is CCC(C)(C)C(=O)OCC(OCc1ccccc1)C1COC(=O)O1.CCC(C)(C)C(=O)OCC1CCC2OC(=O)OC2C1.CCC(C)(C)C(=O)OCC1OC(=O)OC1CO.[C-]#[N+]C1OC(=O)OC1COC(=O)C(C)(C)CC. The van der Waals surface area contributed by atoms with Crippen molar-refractivity contribution < 1.29 is 105 Å². The number of hydrogen-bond acceptors (Lipinski definition) is 22. The number of benzene rings is 1. The molecule has 4 heterocycles. The van der Waals surface area contributed by atoms with Gasteiger partial charge in [-0.05, 0) is 112 Å². The maximum atomic E-state index is 12.1. The molecule has 6 rings (SSSR count). The molecule has 23 heteroatoms. The summed E-state index contributed by atoms with van der Waals surface area (Å²) in [5.41, 5.74) is -1.17. The predicted molar refractivity (Wildman–Crippen MR) is 268 cm³/mol. The molecule has 5 fully saturated rings. The second-order valence-corrected chi connectivity index (χ2v) is 21.4. The molecule has 5 aliphatic rings. The third kappa shape index (κ3) is 20.5. The molecule has 4 saturated heterocycles. The number of rotatable bonds is 21. The van der Waals surface area contributed by atoms with E-state index in [0.717, 1.165) is 31.2 Å². The summed E-state index contributed by atoms with van der Waals surface area (Å²) in [5, 5.41) is 8.93. The van der Waals surface area contributed by atoms with Gasteiger partial charge in [0.05, 0.1) is 41.5 Å². The van der Waals surface area contributed by atoms with Gasteiger partial charge in [-0.3, -0.25) is 24.0 Å². The Morgan fingerprint density at radius 3 is 1.57 bits per heavy atom. The van der Waals surface area contributed by atoms with Gasteiger partial charge in [-0.2, -0.15) is 0 Å². The molecule has 1 aromatic rings. The van der Waals surface area contributed by atoms with E-state index in [9.17, 15) is 38.4 Å². The molecule has 0 bridgehead atoms. The van der Waals surface area contributed by atoms with Gasteiger partial charge in [0.2, 0.25) is 0 Å². The van der Waals surface area contributed by atoms with E-state index >= 15 is 0 Å². The third-order valence-electron chi connectivity index (χ3n) is 14.0. The van der Waals surface area contributed by atoms with E-state index in [4.69, 9.17) is 63.8 Å². The first kappa shape index (κ1) is 64.9. The standard InChI is InChI=1S/C18H24O6.C14H22O5.C11H15NO5.C11H18O6/c1-4-18(2,3)16(19)22-11-14(15-12-23-17(20)24-15)21-10-13-8-6-5-7-9-13;1-4-14(2,3)12(15)17-8-9-5-6-10-11(7-9)19-13(16)18-10;1-5-11(2,3)9(13)15-6-7-8(12-4)17-10(14)16-7;1-4-11(2,3)9(13)15-6-8-7(5-12)16-10(14)17-8/h5-9,14-15H,4,10-12H2,1-3H3;9-11H,4-8H2,1-3H3;7-8H,5-6H2,1-3H3;7-8,12H,4-6H2,1-3H3. The van der Waals surface area contributed by atoms with Gasteiger partial charge in [0, 0.05) is 0 Å². The lowest BCUT2D eigenvalue weighted by Gasteiger charge is -2.29. The lowest BCUT2D eigenvalue weighted by atomic mass is 9.85. The van der Waals surface area contributed by atoms with Crippen molar-refractivity contribution in [2.24, 2.45) is 27.6 Å². The van der Waals surface area contributed by atoms with Gasteiger partial charge < -0.3 is 66.7 Å². The minimum absolute atomic E-state index is 0.0103. The van der Waals surface area contributed by atoms with Crippen LogP contribution in [0.2, 0.25) is 0 Å². The van der Waals surface area contributed by atoms with Gasteiger partial charge in [0.1, 0.15) is 44.7 Å². The van der Waals surface area contributed by atoms with Crippen LogP contribution in [0.15, 0.2) is 30.3 Å². The highest BCUT2D eigenvalue weighted by Crippen LogP contribution is 2.34. The maximum Gasteiger partial charge on any atom is 0.515 e.